The Balaban J connectivity index is 1.92. The molecular formula is C20H28FN5O2. The summed E-state index contributed by atoms with van der Waals surface area (Å²) in [7, 11) is 1.63. The van der Waals surface area contributed by atoms with Crippen LogP contribution in [-0.2, 0) is 11.3 Å². The highest BCUT2D eigenvalue weighted by atomic mass is 19.1. The lowest BCUT2D eigenvalue weighted by Crippen LogP contribution is -2.53. The van der Waals surface area contributed by atoms with Crippen molar-refractivity contribution >= 4 is 12.1 Å². The highest BCUT2D eigenvalue weighted by Crippen LogP contribution is 2.15. The first kappa shape index (κ1) is 21.5. The Morgan fingerprint density at radius 2 is 2.21 bits per heavy atom. The van der Waals surface area contributed by atoms with Crippen LogP contribution in [0.4, 0.5) is 9.18 Å². The van der Waals surface area contributed by atoms with Crippen LogP contribution in [0.3, 0.4) is 0 Å². The second-order valence-electron chi connectivity index (χ2n) is 7.75. The lowest BCUT2D eigenvalue weighted by molar-refractivity contribution is 0.0193. The Labute approximate surface area is 165 Å². The number of carbonyl (C=O) groups is 1. The third-order valence-corrected chi connectivity index (χ3v) is 4.26. The first-order chi connectivity index (χ1) is 13.2. The zero-order valence-electron chi connectivity index (χ0n) is 16.9. The molecule has 1 saturated heterocycles. The number of halogens is 1. The summed E-state index contributed by atoms with van der Waals surface area (Å²) in [4.78, 5) is 18.1. The van der Waals surface area contributed by atoms with Gasteiger partial charge in [-0.1, -0.05) is 0 Å². The summed E-state index contributed by atoms with van der Waals surface area (Å²) in [6.45, 7) is 6.90. The molecule has 1 amide bonds. The van der Waals surface area contributed by atoms with E-state index in [0.29, 0.717) is 30.2 Å². The Morgan fingerprint density at radius 1 is 1.46 bits per heavy atom. The first-order valence-electron chi connectivity index (χ1n) is 9.35. The number of hydrogen-bond donors (Lipinski definition) is 2. The number of piperidine rings is 1. The fourth-order valence-corrected chi connectivity index (χ4v) is 2.93. The van der Waals surface area contributed by atoms with Crippen molar-refractivity contribution in [1.29, 1.82) is 5.26 Å². The van der Waals surface area contributed by atoms with E-state index < -0.39 is 5.60 Å². The zero-order valence-corrected chi connectivity index (χ0v) is 16.9. The first-order valence-corrected chi connectivity index (χ1v) is 9.35. The lowest BCUT2D eigenvalue weighted by atomic mass is 10.1. The van der Waals surface area contributed by atoms with Gasteiger partial charge in [0, 0.05) is 38.3 Å². The molecule has 152 valence electrons. The standard InChI is InChI=1S/C20H28FN5O2/c1-20(2,3)28-19(27)26-9-5-6-16(13-26)25-18(23-4)24-12-15-10-14(11-22)7-8-17(15)21/h7-8,10,16H,5-6,9,12-13H2,1-4H3,(H2,23,24,25). The molecule has 0 aromatic heterocycles. The molecule has 28 heavy (non-hydrogen) atoms. The lowest BCUT2D eigenvalue weighted by Gasteiger charge is -2.35. The number of nitrogens with one attached hydrogen (secondary N) is 2. The van der Waals surface area contributed by atoms with Crippen LogP contribution in [0.25, 0.3) is 0 Å². The maximum Gasteiger partial charge on any atom is 0.410 e. The van der Waals surface area contributed by atoms with Gasteiger partial charge >= 0.3 is 6.09 Å². The van der Waals surface area contributed by atoms with Crippen LogP contribution in [0.15, 0.2) is 23.2 Å². The molecule has 0 bridgehead atoms. The van der Waals surface area contributed by atoms with Crippen molar-refractivity contribution in [2.75, 3.05) is 20.1 Å². The maximum absolute atomic E-state index is 13.9. The quantitative estimate of drug-likeness (QED) is 0.613. The molecule has 1 aromatic rings. The van der Waals surface area contributed by atoms with Crippen LogP contribution in [0, 0.1) is 17.1 Å². The van der Waals surface area contributed by atoms with Crippen LogP contribution in [0.1, 0.15) is 44.7 Å². The third kappa shape index (κ3) is 6.41. The number of ether oxygens (including phenoxy) is 1. The van der Waals surface area contributed by atoms with E-state index in [-0.39, 0.29) is 24.5 Å². The van der Waals surface area contributed by atoms with Crippen molar-refractivity contribution in [3.8, 4) is 6.07 Å². The summed E-state index contributed by atoms with van der Waals surface area (Å²) >= 11 is 0. The summed E-state index contributed by atoms with van der Waals surface area (Å²) in [5.41, 5.74) is 0.263. The monoisotopic (exact) mass is 389 g/mol. The Hall–Kier alpha value is -2.82. The van der Waals surface area contributed by atoms with Gasteiger partial charge in [0.1, 0.15) is 11.4 Å². The van der Waals surface area contributed by atoms with Crippen LogP contribution >= 0.6 is 0 Å². The van der Waals surface area contributed by atoms with Crippen LogP contribution in [0.2, 0.25) is 0 Å². The topological polar surface area (TPSA) is 89.8 Å². The van der Waals surface area contributed by atoms with Crippen molar-refractivity contribution in [2.24, 2.45) is 4.99 Å². The second-order valence-corrected chi connectivity index (χ2v) is 7.75. The highest BCUT2D eigenvalue weighted by molar-refractivity contribution is 5.80. The van der Waals surface area contributed by atoms with E-state index in [2.05, 4.69) is 15.6 Å². The molecule has 1 aromatic carbocycles. The Kier molecular flexibility index (Phi) is 7.21. The van der Waals surface area contributed by atoms with Crippen LogP contribution in [-0.4, -0.2) is 48.7 Å². The molecule has 0 spiro atoms. The Morgan fingerprint density at radius 3 is 2.86 bits per heavy atom. The zero-order chi connectivity index (χ0) is 20.7. The van der Waals surface area contributed by atoms with Crippen molar-refractivity contribution in [1.82, 2.24) is 15.5 Å². The number of nitrogens with zero attached hydrogens (tertiary/aromatic N) is 3. The molecule has 1 unspecified atom stereocenters. The smallest absolute Gasteiger partial charge is 0.410 e. The number of likely N-dealkylation sites (tertiary alicyclic amines) is 1. The fraction of sp³-hybridized carbons (Fsp3) is 0.550. The van der Waals surface area contributed by atoms with Crippen LogP contribution < -0.4 is 10.6 Å². The van der Waals surface area contributed by atoms with E-state index in [4.69, 9.17) is 10.00 Å². The van der Waals surface area contributed by atoms with Crippen molar-refractivity contribution in [3.05, 3.63) is 35.1 Å². The molecule has 1 atom stereocenters. The van der Waals surface area contributed by atoms with Gasteiger partial charge < -0.3 is 20.3 Å². The fourth-order valence-electron chi connectivity index (χ4n) is 2.93. The van der Waals surface area contributed by atoms with Crippen molar-refractivity contribution < 1.29 is 13.9 Å². The molecule has 0 saturated carbocycles. The van der Waals surface area contributed by atoms with Gasteiger partial charge in [0.15, 0.2) is 5.96 Å². The summed E-state index contributed by atoms with van der Waals surface area (Å²) in [6, 6.07) is 6.26. The van der Waals surface area contributed by atoms with E-state index in [1.165, 1.54) is 18.2 Å². The van der Waals surface area contributed by atoms with Gasteiger partial charge in [0.25, 0.3) is 0 Å². The van der Waals surface area contributed by atoms with Gasteiger partial charge in [-0.3, -0.25) is 4.99 Å². The molecule has 1 fully saturated rings. The van der Waals surface area contributed by atoms with Gasteiger partial charge in [-0.15, -0.1) is 0 Å². The maximum atomic E-state index is 13.9. The van der Waals surface area contributed by atoms with Gasteiger partial charge in [-0.2, -0.15) is 5.26 Å². The number of aliphatic imine (C=N–C) groups is 1. The number of guanidine groups is 1. The number of rotatable bonds is 3. The molecule has 8 heteroatoms. The molecule has 2 rings (SSSR count). The van der Waals surface area contributed by atoms with E-state index in [1.54, 1.807) is 11.9 Å². The SMILES string of the molecule is CN=C(NCc1cc(C#N)ccc1F)NC1CCCN(C(=O)OC(C)(C)C)C1. The van der Waals surface area contributed by atoms with E-state index >= 15 is 0 Å². The van der Waals surface area contributed by atoms with Crippen LogP contribution in [0.5, 0.6) is 0 Å². The predicted molar refractivity (Wildman–Crippen MR) is 105 cm³/mol. The van der Waals surface area contributed by atoms with Gasteiger partial charge in [0.05, 0.1) is 11.6 Å². The minimum atomic E-state index is -0.531. The molecule has 2 N–H and O–H groups in total. The Bertz CT molecular complexity index is 767. The summed E-state index contributed by atoms with van der Waals surface area (Å²) in [5, 5.41) is 15.3. The normalized spacial score (nSPS) is 17.6. The average molecular weight is 389 g/mol. The van der Waals surface area contributed by atoms with E-state index in [1.807, 2.05) is 26.8 Å². The summed E-state index contributed by atoms with van der Waals surface area (Å²) < 4.78 is 19.4. The minimum Gasteiger partial charge on any atom is -0.444 e. The molecular weight excluding hydrogens is 361 g/mol. The predicted octanol–water partition coefficient (Wildman–Crippen LogP) is 2.76. The highest BCUT2D eigenvalue weighted by Gasteiger charge is 2.28. The number of nitriles is 1. The average Bonchev–Trinajstić information content (AvgIpc) is 2.65. The van der Waals surface area contributed by atoms with Gasteiger partial charge in [-0.25, -0.2) is 9.18 Å². The number of hydrogen-bond acceptors (Lipinski definition) is 4. The molecule has 1 aliphatic heterocycles. The van der Waals surface area contributed by atoms with Crippen molar-refractivity contribution in [3.63, 3.8) is 0 Å². The van der Waals surface area contributed by atoms with Gasteiger partial charge in [-0.05, 0) is 51.8 Å². The molecule has 0 aliphatic carbocycles. The molecule has 0 radical (unpaired) electrons. The molecule has 1 heterocycles. The number of carbonyl (C=O) groups excluding carboxylic acids is 1. The molecule has 1 aliphatic rings. The largest absolute Gasteiger partial charge is 0.444 e. The second kappa shape index (κ2) is 9.40. The molecule has 7 nitrogen and oxygen atoms in total. The number of benzene rings is 1. The summed E-state index contributed by atoms with van der Waals surface area (Å²) in [5.74, 6) is 0.133. The van der Waals surface area contributed by atoms with Gasteiger partial charge in [0.2, 0.25) is 0 Å². The third-order valence-electron chi connectivity index (χ3n) is 4.26. The van der Waals surface area contributed by atoms with E-state index in [0.717, 1.165) is 12.8 Å². The number of amides is 1. The van der Waals surface area contributed by atoms with Crippen molar-refractivity contribution in [2.45, 2.75) is 51.8 Å². The summed E-state index contributed by atoms with van der Waals surface area (Å²) in [6.07, 6.45) is 1.42. The minimum absolute atomic E-state index is 0.0164. The van der Waals surface area contributed by atoms with E-state index in [9.17, 15) is 9.18 Å².